The Kier molecular flexibility index (Phi) is 4.05. The zero-order valence-electron chi connectivity index (χ0n) is 13.9. The molecular formula is C18H19N5O2. The summed E-state index contributed by atoms with van der Waals surface area (Å²) in [7, 11) is 0. The number of carbonyl (C=O) groups is 1. The minimum Gasteiger partial charge on any atom is -0.340 e. The molecule has 1 aromatic carbocycles. The lowest BCUT2D eigenvalue weighted by Gasteiger charge is -2.16. The average molecular weight is 337 g/mol. The molecule has 0 N–H and O–H groups in total. The molecule has 2 aromatic heterocycles. The predicted molar refractivity (Wildman–Crippen MR) is 89.8 cm³/mol. The van der Waals surface area contributed by atoms with Crippen molar-refractivity contribution < 1.29 is 9.32 Å². The van der Waals surface area contributed by atoms with Crippen LogP contribution in [0.3, 0.4) is 0 Å². The number of imidazole rings is 1. The highest BCUT2D eigenvalue weighted by molar-refractivity contribution is 5.76. The van der Waals surface area contributed by atoms with E-state index in [2.05, 4.69) is 27.3 Å². The summed E-state index contributed by atoms with van der Waals surface area (Å²) in [6, 6.07) is 10.2. The summed E-state index contributed by atoms with van der Waals surface area (Å²) in [6.45, 7) is 3.32. The van der Waals surface area contributed by atoms with Gasteiger partial charge in [0.1, 0.15) is 6.54 Å². The molecule has 25 heavy (non-hydrogen) atoms. The van der Waals surface area contributed by atoms with E-state index in [-0.39, 0.29) is 24.3 Å². The Morgan fingerprint density at radius 3 is 2.72 bits per heavy atom. The maximum atomic E-state index is 12.7. The monoisotopic (exact) mass is 337 g/mol. The smallest absolute Gasteiger partial charge is 0.242 e. The molecule has 3 aromatic rings. The minimum atomic E-state index is 0.00957. The molecule has 0 unspecified atom stereocenters. The number of rotatable bonds is 4. The van der Waals surface area contributed by atoms with Crippen molar-refractivity contribution in [3.05, 3.63) is 66.3 Å². The van der Waals surface area contributed by atoms with Gasteiger partial charge in [0, 0.05) is 31.4 Å². The molecule has 1 saturated heterocycles. The Labute approximate surface area is 145 Å². The first-order valence-electron chi connectivity index (χ1n) is 8.29. The lowest BCUT2D eigenvalue weighted by molar-refractivity contribution is -0.130. The van der Waals surface area contributed by atoms with Gasteiger partial charge in [-0.25, -0.2) is 4.98 Å². The van der Waals surface area contributed by atoms with Crippen LogP contribution in [-0.4, -0.2) is 43.6 Å². The zero-order valence-corrected chi connectivity index (χ0v) is 13.9. The minimum absolute atomic E-state index is 0.00957. The molecule has 0 spiro atoms. The van der Waals surface area contributed by atoms with Crippen LogP contribution >= 0.6 is 0 Å². The number of likely N-dealkylation sites (tertiary alicyclic amines) is 1. The lowest BCUT2D eigenvalue weighted by atomic mass is 9.89. The van der Waals surface area contributed by atoms with Crippen LogP contribution < -0.4 is 0 Å². The van der Waals surface area contributed by atoms with Crippen molar-refractivity contribution in [1.82, 2.24) is 24.6 Å². The number of hydrogen-bond donors (Lipinski definition) is 0. The molecule has 3 heterocycles. The Morgan fingerprint density at radius 2 is 2.04 bits per heavy atom. The average Bonchev–Trinajstić information content (AvgIpc) is 3.35. The van der Waals surface area contributed by atoms with E-state index in [4.69, 9.17) is 4.52 Å². The van der Waals surface area contributed by atoms with Crippen LogP contribution in [-0.2, 0) is 11.3 Å². The molecule has 1 aliphatic rings. The fourth-order valence-corrected chi connectivity index (χ4v) is 3.40. The first-order chi connectivity index (χ1) is 12.2. The first kappa shape index (κ1) is 15.6. The summed E-state index contributed by atoms with van der Waals surface area (Å²) in [5.41, 5.74) is 1.18. The number of amides is 1. The Balaban J connectivity index is 1.59. The van der Waals surface area contributed by atoms with Crippen LogP contribution in [0.1, 0.15) is 29.1 Å². The fraction of sp³-hybridized carbons (Fsp3) is 0.333. The highest BCUT2D eigenvalue weighted by atomic mass is 16.5. The van der Waals surface area contributed by atoms with E-state index in [1.54, 1.807) is 30.2 Å². The number of aryl methyl sites for hydroxylation is 1. The third kappa shape index (κ3) is 3.17. The van der Waals surface area contributed by atoms with Crippen LogP contribution in [0.5, 0.6) is 0 Å². The third-order valence-corrected chi connectivity index (χ3v) is 4.64. The Hall–Kier alpha value is -2.96. The Bertz CT molecular complexity index is 844. The zero-order chi connectivity index (χ0) is 17.2. The molecule has 128 valence electrons. The molecule has 7 nitrogen and oxygen atoms in total. The second-order valence-corrected chi connectivity index (χ2v) is 6.34. The van der Waals surface area contributed by atoms with Crippen LogP contribution in [0, 0.1) is 6.92 Å². The van der Waals surface area contributed by atoms with Gasteiger partial charge in [0.25, 0.3) is 0 Å². The number of aromatic nitrogens is 4. The van der Waals surface area contributed by atoms with E-state index in [9.17, 15) is 4.79 Å². The van der Waals surface area contributed by atoms with Crippen LogP contribution in [0.2, 0.25) is 0 Å². The standard InChI is InChI=1S/C18H19N5O2/c1-13-20-18(25-21-13)16-10-23(17(24)11-22-8-7-19-12-22)9-15(16)14-5-3-2-4-6-14/h2-8,12,15-16H,9-11H2,1H3/t15-,16-/m1/s1. The molecule has 4 rings (SSSR count). The third-order valence-electron chi connectivity index (χ3n) is 4.64. The predicted octanol–water partition coefficient (Wildman–Crippen LogP) is 1.98. The summed E-state index contributed by atoms with van der Waals surface area (Å²) in [6.07, 6.45) is 5.12. The number of benzene rings is 1. The molecule has 0 saturated carbocycles. The molecule has 0 radical (unpaired) electrons. The van der Waals surface area contributed by atoms with E-state index in [1.807, 2.05) is 23.1 Å². The highest BCUT2D eigenvalue weighted by Crippen LogP contribution is 2.39. The first-order valence-corrected chi connectivity index (χ1v) is 8.29. The van der Waals surface area contributed by atoms with Gasteiger partial charge in [0.05, 0.1) is 12.2 Å². The topological polar surface area (TPSA) is 77.0 Å². The normalized spacial score (nSPS) is 20.1. The number of hydrogen-bond acceptors (Lipinski definition) is 5. The molecule has 1 aliphatic heterocycles. The quantitative estimate of drug-likeness (QED) is 0.727. The van der Waals surface area contributed by atoms with Crippen molar-refractivity contribution in [2.75, 3.05) is 13.1 Å². The van der Waals surface area contributed by atoms with E-state index < -0.39 is 0 Å². The van der Waals surface area contributed by atoms with E-state index in [0.717, 1.165) is 0 Å². The molecule has 0 bridgehead atoms. The number of nitrogens with zero attached hydrogens (tertiary/aromatic N) is 5. The van der Waals surface area contributed by atoms with Gasteiger partial charge in [-0.05, 0) is 12.5 Å². The van der Waals surface area contributed by atoms with E-state index in [1.165, 1.54) is 5.56 Å². The van der Waals surface area contributed by atoms with Gasteiger partial charge in [-0.3, -0.25) is 4.79 Å². The van der Waals surface area contributed by atoms with Gasteiger partial charge in [-0.1, -0.05) is 35.5 Å². The molecule has 1 fully saturated rings. The van der Waals surface area contributed by atoms with E-state index in [0.29, 0.717) is 24.8 Å². The van der Waals surface area contributed by atoms with Crippen molar-refractivity contribution >= 4 is 5.91 Å². The Morgan fingerprint density at radius 1 is 1.24 bits per heavy atom. The molecular weight excluding hydrogens is 318 g/mol. The summed E-state index contributed by atoms with van der Waals surface area (Å²) in [4.78, 5) is 23.0. The van der Waals surface area contributed by atoms with Crippen molar-refractivity contribution in [2.24, 2.45) is 0 Å². The number of carbonyl (C=O) groups excluding carboxylic acids is 1. The fourth-order valence-electron chi connectivity index (χ4n) is 3.40. The largest absolute Gasteiger partial charge is 0.340 e. The second kappa shape index (κ2) is 6.51. The second-order valence-electron chi connectivity index (χ2n) is 6.34. The summed E-state index contributed by atoms with van der Waals surface area (Å²) < 4.78 is 7.20. The van der Waals surface area contributed by atoms with Crippen molar-refractivity contribution in [3.63, 3.8) is 0 Å². The summed E-state index contributed by atoms with van der Waals surface area (Å²) in [5, 5.41) is 3.92. The van der Waals surface area contributed by atoms with Gasteiger partial charge in [-0.15, -0.1) is 0 Å². The highest BCUT2D eigenvalue weighted by Gasteiger charge is 2.40. The van der Waals surface area contributed by atoms with Crippen LogP contribution in [0.4, 0.5) is 0 Å². The maximum absolute atomic E-state index is 12.7. The van der Waals surface area contributed by atoms with Gasteiger partial charge in [-0.2, -0.15) is 4.98 Å². The van der Waals surface area contributed by atoms with Gasteiger partial charge in [0.15, 0.2) is 5.82 Å². The SMILES string of the molecule is Cc1noc([C@@H]2CN(C(=O)Cn3ccnc3)C[C@@H]2c2ccccc2)n1. The lowest BCUT2D eigenvalue weighted by Crippen LogP contribution is -2.31. The van der Waals surface area contributed by atoms with Gasteiger partial charge < -0.3 is 14.0 Å². The maximum Gasteiger partial charge on any atom is 0.242 e. The summed E-state index contributed by atoms with van der Waals surface area (Å²) in [5.74, 6) is 1.44. The van der Waals surface area contributed by atoms with Crippen molar-refractivity contribution in [1.29, 1.82) is 0 Å². The van der Waals surface area contributed by atoms with Crippen molar-refractivity contribution in [2.45, 2.75) is 25.3 Å². The van der Waals surface area contributed by atoms with Gasteiger partial charge in [0.2, 0.25) is 11.8 Å². The van der Waals surface area contributed by atoms with Crippen molar-refractivity contribution in [3.8, 4) is 0 Å². The van der Waals surface area contributed by atoms with E-state index >= 15 is 0 Å². The molecule has 0 aliphatic carbocycles. The van der Waals surface area contributed by atoms with Crippen LogP contribution in [0.25, 0.3) is 0 Å². The van der Waals surface area contributed by atoms with Gasteiger partial charge >= 0.3 is 0 Å². The molecule has 1 amide bonds. The van der Waals surface area contributed by atoms with Crippen LogP contribution in [0.15, 0.2) is 53.6 Å². The molecule has 7 heteroatoms. The summed E-state index contributed by atoms with van der Waals surface area (Å²) >= 11 is 0. The molecule has 2 atom stereocenters.